The average molecular weight is 232 g/mol. The molecule has 1 saturated heterocycles. The van der Waals surface area contributed by atoms with Crippen LogP contribution in [-0.2, 0) is 4.79 Å². The number of nitrogens with one attached hydrogen (secondary N) is 1. The van der Waals surface area contributed by atoms with E-state index in [1.165, 1.54) is 25.7 Å². The summed E-state index contributed by atoms with van der Waals surface area (Å²) in [5.74, 6) is 0.219. The number of hydrogen-bond acceptors (Lipinski definition) is 4. The molecule has 3 nitrogen and oxygen atoms in total. The molecule has 5 heteroatoms. The molecule has 1 aliphatic carbocycles. The molecule has 0 aromatic carbocycles. The molecule has 2 rings (SSSR count). The minimum atomic E-state index is -0.215. The lowest BCUT2D eigenvalue weighted by atomic mass is 9.95. The molecular weight excluding hydrogens is 216 g/mol. The third kappa shape index (κ3) is 2.58. The van der Waals surface area contributed by atoms with Crippen molar-refractivity contribution in [2.75, 3.05) is 5.75 Å². The van der Waals surface area contributed by atoms with Crippen molar-refractivity contribution >= 4 is 29.4 Å². The standard InChI is InChI=1S/C9H16N2OS2/c10-8(12)5-13-9-11-6-3-1-2-4-7(6)14-9/h6-7,9,11H,1-5H2,(H2,10,12). The van der Waals surface area contributed by atoms with Crippen LogP contribution in [0.25, 0.3) is 0 Å². The van der Waals surface area contributed by atoms with Gasteiger partial charge in [0.05, 0.1) is 5.75 Å². The quantitative estimate of drug-likeness (QED) is 0.766. The predicted octanol–water partition coefficient (Wildman–Crippen LogP) is 1.14. The molecule has 3 atom stereocenters. The Morgan fingerprint density at radius 2 is 2.29 bits per heavy atom. The Balaban J connectivity index is 1.78. The molecule has 2 aliphatic rings. The van der Waals surface area contributed by atoms with E-state index in [9.17, 15) is 4.79 Å². The fourth-order valence-corrected chi connectivity index (χ4v) is 4.88. The molecule has 1 saturated carbocycles. The highest BCUT2D eigenvalue weighted by Gasteiger charge is 2.35. The van der Waals surface area contributed by atoms with E-state index in [0.717, 1.165) is 5.25 Å². The van der Waals surface area contributed by atoms with Crippen molar-refractivity contribution in [3.8, 4) is 0 Å². The maximum atomic E-state index is 10.6. The summed E-state index contributed by atoms with van der Waals surface area (Å²) in [5.41, 5.74) is 5.12. The van der Waals surface area contributed by atoms with Gasteiger partial charge in [0.1, 0.15) is 4.71 Å². The Kier molecular flexibility index (Phi) is 3.62. The van der Waals surface area contributed by atoms with Gasteiger partial charge in [-0.3, -0.25) is 10.1 Å². The molecule has 14 heavy (non-hydrogen) atoms. The number of nitrogens with two attached hydrogens (primary N) is 1. The second-order valence-corrected chi connectivity index (χ2v) is 6.58. The van der Waals surface area contributed by atoms with Crippen LogP contribution < -0.4 is 11.1 Å². The second kappa shape index (κ2) is 4.77. The second-order valence-electron chi connectivity index (χ2n) is 3.84. The first kappa shape index (κ1) is 10.6. The normalized spacial score (nSPS) is 36.7. The lowest BCUT2D eigenvalue weighted by Gasteiger charge is -2.23. The van der Waals surface area contributed by atoms with Crippen molar-refractivity contribution in [2.45, 2.75) is 41.7 Å². The van der Waals surface area contributed by atoms with E-state index < -0.39 is 0 Å². The molecule has 3 N–H and O–H groups in total. The third-order valence-electron chi connectivity index (χ3n) is 2.73. The summed E-state index contributed by atoms with van der Waals surface area (Å²) < 4.78 is 0.385. The fraction of sp³-hybridized carbons (Fsp3) is 0.889. The van der Waals surface area contributed by atoms with Crippen LogP contribution in [0, 0.1) is 0 Å². The van der Waals surface area contributed by atoms with Gasteiger partial charge in [0.2, 0.25) is 5.91 Å². The summed E-state index contributed by atoms with van der Waals surface area (Å²) in [6.45, 7) is 0. The molecule has 0 radical (unpaired) electrons. The molecule has 0 aromatic rings. The van der Waals surface area contributed by atoms with Crippen molar-refractivity contribution < 1.29 is 4.79 Å². The number of thioether (sulfide) groups is 2. The first-order valence-electron chi connectivity index (χ1n) is 5.07. The lowest BCUT2D eigenvalue weighted by Crippen LogP contribution is -2.34. The van der Waals surface area contributed by atoms with Crippen LogP contribution in [0.15, 0.2) is 0 Å². The van der Waals surface area contributed by atoms with Crippen molar-refractivity contribution in [3.63, 3.8) is 0 Å². The smallest absolute Gasteiger partial charge is 0.227 e. The summed E-state index contributed by atoms with van der Waals surface area (Å²) >= 11 is 3.62. The zero-order valence-electron chi connectivity index (χ0n) is 8.07. The molecule has 0 spiro atoms. The number of primary amides is 1. The van der Waals surface area contributed by atoms with Crippen LogP contribution in [0.3, 0.4) is 0 Å². The molecule has 3 unspecified atom stereocenters. The summed E-state index contributed by atoms with van der Waals surface area (Å²) in [6.07, 6.45) is 5.34. The van der Waals surface area contributed by atoms with Crippen LogP contribution in [0.4, 0.5) is 0 Å². The highest BCUT2D eigenvalue weighted by molar-refractivity contribution is 8.17. The average Bonchev–Trinajstić information content (AvgIpc) is 2.57. The highest BCUT2D eigenvalue weighted by Crippen LogP contribution is 2.40. The van der Waals surface area contributed by atoms with Crippen molar-refractivity contribution in [2.24, 2.45) is 5.73 Å². The maximum Gasteiger partial charge on any atom is 0.227 e. The fourth-order valence-electron chi connectivity index (χ4n) is 2.07. The molecule has 1 aliphatic heterocycles. The summed E-state index contributed by atoms with van der Waals surface area (Å²) in [6, 6.07) is 0.680. The van der Waals surface area contributed by atoms with E-state index in [2.05, 4.69) is 5.32 Å². The summed E-state index contributed by atoms with van der Waals surface area (Å²) in [4.78, 5) is 10.6. The number of rotatable bonds is 3. The Hall–Kier alpha value is 0.130. The molecule has 2 fully saturated rings. The van der Waals surface area contributed by atoms with Gasteiger partial charge in [0, 0.05) is 11.3 Å². The van der Waals surface area contributed by atoms with Gasteiger partial charge >= 0.3 is 0 Å². The number of fused-ring (bicyclic) bond motifs is 1. The number of amides is 1. The Bertz CT molecular complexity index is 211. The van der Waals surface area contributed by atoms with E-state index in [-0.39, 0.29) is 5.91 Å². The molecular formula is C9H16N2OS2. The monoisotopic (exact) mass is 232 g/mol. The lowest BCUT2D eigenvalue weighted by molar-refractivity contribution is -0.115. The van der Waals surface area contributed by atoms with Crippen LogP contribution in [0.2, 0.25) is 0 Å². The summed E-state index contributed by atoms with van der Waals surface area (Å²) in [7, 11) is 0. The molecule has 80 valence electrons. The van der Waals surface area contributed by atoms with Gasteiger partial charge in [-0.15, -0.1) is 23.5 Å². The van der Waals surface area contributed by atoms with Gasteiger partial charge in [0.15, 0.2) is 0 Å². The van der Waals surface area contributed by atoms with Crippen LogP contribution in [-0.4, -0.2) is 27.7 Å². The predicted molar refractivity (Wildman–Crippen MR) is 62.2 cm³/mol. The highest BCUT2D eigenvalue weighted by atomic mass is 32.2. The van der Waals surface area contributed by atoms with Crippen molar-refractivity contribution in [1.29, 1.82) is 0 Å². The van der Waals surface area contributed by atoms with Gasteiger partial charge < -0.3 is 5.73 Å². The molecule has 1 heterocycles. The van der Waals surface area contributed by atoms with Gasteiger partial charge in [-0.2, -0.15) is 0 Å². The van der Waals surface area contributed by atoms with Gasteiger partial charge in [-0.1, -0.05) is 12.8 Å². The number of hydrogen-bond donors (Lipinski definition) is 2. The van der Waals surface area contributed by atoms with Crippen LogP contribution >= 0.6 is 23.5 Å². The Morgan fingerprint density at radius 1 is 1.50 bits per heavy atom. The van der Waals surface area contributed by atoms with Gasteiger partial charge in [-0.25, -0.2) is 0 Å². The first-order chi connectivity index (χ1) is 6.75. The zero-order valence-corrected chi connectivity index (χ0v) is 9.70. The Labute approximate surface area is 92.9 Å². The minimum Gasteiger partial charge on any atom is -0.369 e. The van der Waals surface area contributed by atoms with Crippen molar-refractivity contribution in [3.05, 3.63) is 0 Å². The van der Waals surface area contributed by atoms with E-state index in [1.807, 2.05) is 11.8 Å². The topological polar surface area (TPSA) is 55.1 Å². The van der Waals surface area contributed by atoms with E-state index in [0.29, 0.717) is 16.5 Å². The van der Waals surface area contributed by atoms with E-state index in [1.54, 1.807) is 11.8 Å². The molecule has 0 aromatic heterocycles. The third-order valence-corrected chi connectivity index (χ3v) is 5.66. The largest absolute Gasteiger partial charge is 0.369 e. The zero-order chi connectivity index (χ0) is 9.97. The first-order valence-corrected chi connectivity index (χ1v) is 7.06. The minimum absolute atomic E-state index is 0.215. The van der Waals surface area contributed by atoms with Gasteiger partial charge in [0.25, 0.3) is 0 Å². The number of carbonyl (C=O) groups is 1. The van der Waals surface area contributed by atoms with Crippen LogP contribution in [0.1, 0.15) is 25.7 Å². The van der Waals surface area contributed by atoms with E-state index >= 15 is 0 Å². The van der Waals surface area contributed by atoms with Gasteiger partial charge in [-0.05, 0) is 12.8 Å². The molecule has 0 bridgehead atoms. The summed E-state index contributed by atoms with van der Waals surface area (Å²) in [5, 5.41) is 4.34. The van der Waals surface area contributed by atoms with Crippen molar-refractivity contribution in [1.82, 2.24) is 5.32 Å². The van der Waals surface area contributed by atoms with E-state index in [4.69, 9.17) is 5.73 Å². The molecule has 1 amide bonds. The maximum absolute atomic E-state index is 10.6. The SMILES string of the molecule is NC(=O)CSC1NC2CCCCC2S1. The van der Waals surface area contributed by atoms with Crippen LogP contribution in [0.5, 0.6) is 0 Å². The Morgan fingerprint density at radius 3 is 3.00 bits per heavy atom. The number of carbonyl (C=O) groups excluding carboxylic acids is 1.